The van der Waals surface area contributed by atoms with Crippen molar-refractivity contribution in [3.05, 3.63) is 65.0 Å². The Morgan fingerprint density at radius 1 is 1.18 bits per heavy atom. The zero-order valence-corrected chi connectivity index (χ0v) is 17.4. The van der Waals surface area contributed by atoms with E-state index in [2.05, 4.69) is 31.1 Å². The van der Waals surface area contributed by atoms with Gasteiger partial charge in [-0.15, -0.1) is 11.3 Å². The molecule has 6 heteroatoms. The standard InChI is InChI=1S/C22H28N4OS/c1-16-14-19(15-17(2)25(16)3)26(22(27)20-10-7-13-28-20)21(23)11-12-24-18-8-5-4-6-9-18/h4-13,16-17,19,23-24H,14-15H2,1-3H3/b12-11-,23-21?. The Bertz CT molecular complexity index is 806. The fraction of sp³-hybridized carbons (Fsp3) is 0.364. The summed E-state index contributed by atoms with van der Waals surface area (Å²) in [5.41, 5.74) is 0.948. The number of para-hydroxylation sites is 1. The number of piperidine rings is 1. The van der Waals surface area contributed by atoms with E-state index in [0.717, 1.165) is 18.5 Å². The van der Waals surface area contributed by atoms with Crippen LogP contribution in [0.25, 0.3) is 0 Å². The number of amides is 1. The fourth-order valence-corrected chi connectivity index (χ4v) is 4.34. The Morgan fingerprint density at radius 2 is 1.86 bits per heavy atom. The third kappa shape index (κ3) is 4.69. The van der Waals surface area contributed by atoms with E-state index in [-0.39, 0.29) is 17.8 Å². The van der Waals surface area contributed by atoms with Crippen molar-refractivity contribution in [2.24, 2.45) is 0 Å². The average molecular weight is 397 g/mol. The highest BCUT2D eigenvalue weighted by molar-refractivity contribution is 7.12. The van der Waals surface area contributed by atoms with E-state index in [9.17, 15) is 4.79 Å². The highest BCUT2D eigenvalue weighted by Crippen LogP contribution is 2.27. The smallest absolute Gasteiger partial charge is 0.269 e. The van der Waals surface area contributed by atoms with E-state index in [1.54, 1.807) is 17.2 Å². The number of carbonyl (C=O) groups is 1. The molecule has 2 aromatic rings. The van der Waals surface area contributed by atoms with Crippen molar-refractivity contribution in [1.82, 2.24) is 9.80 Å². The molecule has 1 aromatic heterocycles. The second kappa shape index (κ2) is 9.17. The molecule has 0 saturated carbocycles. The van der Waals surface area contributed by atoms with Gasteiger partial charge in [0.05, 0.1) is 4.88 Å². The van der Waals surface area contributed by atoms with Gasteiger partial charge in [0.15, 0.2) is 0 Å². The SMILES string of the molecule is CC1CC(N(C(=N)/C=C\Nc2ccccc2)C(=O)c2cccs2)CC(C)N1C. The summed E-state index contributed by atoms with van der Waals surface area (Å²) >= 11 is 1.43. The lowest BCUT2D eigenvalue weighted by Crippen LogP contribution is -2.54. The lowest BCUT2D eigenvalue weighted by Gasteiger charge is -2.44. The van der Waals surface area contributed by atoms with Crippen LogP contribution in [-0.4, -0.2) is 46.7 Å². The van der Waals surface area contributed by atoms with Crippen LogP contribution in [0, 0.1) is 5.41 Å². The summed E-state index contributed by atoms with van der Waals surface area (Å²) in [6.07, 6.45) is 5.13. The molecule has 5 nitrogen and oxygen atoms in total. The number of hydrogen-bond donors (Lipinski definition) is 2. The summed E-state index contributed by atoms with van der Waals surface area (Å²) in [6, 6.07) is 14.3. The quantitative estimate of drug-likeness (QED) is 0.571. The monoisotopic (exact) mass is 396 g/mol. The zero-order chi connectivity index (χ0) is 20.1. The number of anilines is 1. The third-order valence-electron chi connectivity index (χ3n) is 5.46. The first kappa shape index (κ1) is 20.3. The van der Waals surface area contributed by atoms with E-state index >= 15 is 0 Å². The summed E-state index contributed by atoms with van der Waals surface area (Å²) in [6.45, 7) is 4.37. The van der Waals surface area contributed by atoms with Crippen molar-refractivity contribution in [1.29, 1.82) is 5.41 Å². The number of nitrogens with zero attached hydrogens (tertiary/aromatic N) is 2. The highest BCUT2D eigenvalue weighted by atomic mass is 32.1. The first-order valence-corrected chi connectivity index (χ1v) is 10.5. The average Bonchev–Trinajstić information content (AvgIpc) is 3.22. The first-order chi connectivity index (χ1) is 13.5. The predicted octanol–water partition coefficient (Wildman–Crippen LogP) is 4.66. The van der Waals surface area contributed by atoms with Crippen molar-refractivity contribution in [3.63, 3.8) is 0 Å². The molecule has 0 aliphatic carbocycles. The predicted molar refractivity (Wildman–Crippen MR) is 117 cm³/mol. The van der Waals surface area contributed by atoms with Crippen LogP contribution in [0.2, 0.25) is 0 Å². The van der Waals surface area contributed by atoms with E-state index in [1.165, 1.54) is 11.3 Å². The molecular formula is C22H28N4OS. The topological polar surface area (TPSA) is 59.4 Å². The van der Waals surface area contributed by atoms with Gasteiger partial charge in [-0.25, -0.2) is 0 Å². The van der Waals surface area contributed by atoms with Crippen LogP contribution in [0.1, 0.15) is 36.4 Å². The van der Waals surface area contributed by atoms with Gasteiger partial charge in [-0.2, -0.15) is 0 Å². The Kier molecular flexibility index (Phi) is 6.65. The van der Waals surface area contributed by atoms with Crippen molar-refractivity contribution in [2.75, 3.05) is 12.4 Å². The lowest BCUT2D eigenvalue weighted by atomic mass is 9.92. The number of amidine groups is 1. The number of benzene rings is 1. The minimum Gasteiger partial charge on any atom is -0.362 e. The second-order valence-corrected chi connectivity index (χ2v) is 8.32. The molecule has 1 fully saturated rings. The molecule has 1 aliphatic rings. The molecule has 0 bridgehead atoms. The molecule has 28 heavy (non-hydrogen) atoms. The fourth-order valence-electron chi connectivity index (χ4n) is 3.68. The van der Waals surface area contributed by atoms with Gasteiger partial charge in [0, 0.05) is 30.0 Å². The van der Waals surface area contributed by atoms with E-state index in [4.69, 9.17) is 5.41 Å². The number of likely N-dealkylation sites (tertiary alicyclic amines) is 1. The minimum absolute atomic E-state index is 0.0182. The maximum absolute atomic E-state index is 13.2. The summed E-state index contributed by atoms with van der Waals surface area (Å²) in [5, 5.41) is 13.7. The first-order valence-electron chi connectivity index (χ1n) is 9.63. The Labute approximate surface area is 171 Å². The van der Waals surface area contributed by atoms with Crippen LogP contribution in [0.5, 0.6) is 0 Å². The molecule has 0 spiro atoms. The maximum Gasteiger partial charge on any atom is 0.269 e. The van der Waals surface area contributed by atoms with Gasteiger partial charge < -0.3 is 10.2 Å². The molecule has 3 rings (SSSR count). The number of hydrogen-bond acceptors (Lipinski definition) is 5. The number of rotatable bonds is 5. The molecule has 2 atom stereocenters. The van der Waals surface area contributed by atoms with Crippen LogP contribution in [0.3, 0.4) is 0 Å². The number of nitrogens with one attached hydrogen (secondary N) is 2. The summed E-state index contributed by atoms with van der Waals surface area (Å²) in [4.78, 5) is 17.9. The Hall–Kier alpha value is -2.44. The molecule has 148 valence electrons. The molecule has 1 aromatic carbocycles. The van der Waals surface area contributed by atoms with Crippen molar-refractivity contribution < 1.29 is 4.79 Å². The molecule has 0 radical (unpaired) electrons. The Balaban J connectivity index is 1.79. The second-order valence-electron chi connectivity index (χ2n) is 7.37. The summed E-state index contributed by atoms with van der Waals surface area (Å²) < 4.78 is 0. The van der Waals surface area contributed by atoms with Crippen molar-refractivity contribution in [2.45, 2.75) is 44.8 Å². The molecule has 2 unspecified atom stereocenters. The van der Waals surface area contributed by atoms with Gasteiger partial charge in [-0.1, -0.05) is 24.3 Å². The molecule has 1 saturated heterocycles. The zero-order valence-electron chi connectivity index (χ0n) is 16.6. The normalized spacial score (nSPS) is 22.9. The van der Waals surface area contributed by atoms with E-state index < -0.39 is 0 Å². The number of carbonyl (C=O) groups excluding carboxylic acids is 1. The molecule has 1 aliphatic heterocycles. The van der Waals surface area contributed by atoms with Gasteiger partial charge in [-0.05, 0) is 63.4 Å². The minimum atomic E-state index is -0.0849. The molecule has 1 amide bonds. The van der Waals surface area contributed by atoms with Gasteiger partial charge in [0.25, 0.3) is 5.91 Å². The maximum atomic E-state index is 13.2. The van der Waals surface area contributed by atoms with Crippen LogP contribution in [0.4, 0.5) is 5.69 Å². The van der Waals surface area contributed by atoms with Crippen LogP contribution >= 0.6 is 11.3 Å². The van der Waals surface area contributed by atoms with Crippen LogP contribution in [0.15, 0.2) is 60.1 Å². The van der Waals surface area contributed by atoms with Crippen LogP contribution in [-0.2, 0) is 0 Å². The third-order valence-corrected chi connectivity index (χ3v) is 6.32. The van der Waals surface area contributed by atoms with E-state index in [1.807, 2.05) is 47.8 Å². The van der Waals surface area contributed by atoms with Gasteiger partial charge in [0.2, 0.25) is 0 Å². The van der Waals surface area contributed by atoms with Gasteiger partial charge in [-0.3, -0.25) is 15.1 Å². The molecule has 2 N–H and O–H groups in total. The lowest BCUT2D eigenvalue weighted by molar-refractivity contribution is 0.0589. The summed E-state index contributed by atoms with van der Waals surface area (Å²) in [7, 11) is 2.13. The van der Waals surface area contributed by atoms with Gasteiger partial charge in [0.1, 0.15) is 5.84 Å². The largest absolute Gasteiger partial charge is 0.362 e. The number of thiophene rings is 1. The van der Waals surface area contributed by atoms with E-state index in [0.29, 0.717) is 17.0 Å². The van der Waals surface area contributed by atoms with Crippen LogP contribution < -0.4 is 5.32 Å². The summed E-state index contributed by atoms with van der Waals surface area (Å²) in [5.74, 6) is 0.133. The van der Waals surface area contributed by atoms with Crippen molar-refractivity contribution >= 4 is 28.8 Å². The Morgan fingerprint density at radius 3 is 2.46 bits per heavy atom. The highest BCUT2D eigenvalue weighted by Gasteiger charge is 2.35. The molecular weight excluding hydrogens is 368 g/mol. The van der Waals surface area contributed by atoms with Gasteiger partial charge >= 0.3 is 0 Å². The van der Waals surface area contributed by atoms with Crippen molar-refractivity contribution in [3.8, 4) is 0 Å². The molecule has 2 heterocycles.